The van der Waals surface area contributed by atoms with Gasteiger partial charge in [0.1, 0.15) is 0 Å². The molecule has 2 N–H and O–H groups in total. The first-order chi connectivity index (χ1) is 13.0. The second-order valence-corrected chi connectivity index (χ2v) is 7.39. The molecule has 0 atom stereocenters. The number of aromatic nitrogens is 3. The van der Waals surface area contributed by atoms with Gasteiger partial charge in [-0.3, -0.25) is 4.79 Å². The monoisotopic (exact) mass is 383 g/mol. The van der Waals surface area contributed by atoms with Crippen LogP contribution in [0.1, 0.15) is 40.5 Å². The average molecular weight is 384 g/mol. The molecular weight excluding hydrogens is 362 g/mol. The van der Waals surface area contributed by atoms with Crippen molar-refractivity contribution >= 4 is 34.2 Å². The van der Waals surface area contributed by atoms with Crippen LogP contribution >= 0.6 is 11.6 Å². The molecule has 3 heterocycles. The van der Waals surface area contributed by atoms with Crippen LogP contribution in [0, 0.1) is 13.8 Å². The lowest BCUT2D eigenvalue weighted by Gasteiger charge is -2.23. The highest BCUT2D eigenvalue weighted by Crippen LogP contribution is 2.32. The Morgan fingerprint density at radius 1 is 1.22 bits per heavy atom. The third-order valence-corrected chi connectivity index (χ3v) is 5.43. The van der Waals surface area contributed by atoms with E-state index in [0.717, 1.165) is 53.9 Å². The molecule has 0 bridgehead atoms. The van der Waals surface area contributed by atoms with Gasteiger partial charge in [-0.05, 0) is 51.9 Å². The molecule has 1 amide bonds. The van der Waals surface area contributed by atoms with Crippen molar-refractivity contribution in [1.29, 1.82) is 0 Å². The van der Waals surface area contributed by atoms with E-state index in [1.54, 1.807) is 6.20 Å². The van der Waals surface area contributed by atoms with Crippen molar-refractivity contribution in [1.82, 2.24) is 20.1 Å². The molecule has 0 spiro atoms. The Bertz CT molecular complexity index is 990. The van der Waals surface area contributed by atoms with Crippen LogP contribution in [0.4, 0.5) is 5.69 Å². The summed E-state index contributed by atoms with van der Waals surface area (Å²) in [7, 11) is 0. The highest BCUT2D eigenvalue weighted by atomic mass is 35.5. The van der Waals surface area contributed by atoms with Crippen LogP contribution in [0.25, 0.3) is 11.0 Å². The van der Waals surface area contributed by atoms with Crippen molar-refractivity contribution < 1.29 is 4.79 Å². The first kappa shape index (κ1) is 17.9. The molecule has 0 aliphatic carbocycles. The quantitative estimate of drug-likeness (QED) is 0.720. The summed E-state index contributed by atoms with van der Waals surface area (Å²) < 4.78 is 1.97. The lowest BCUT2D eigenvalue weighted by Crippen LogP contribution is -2.30. The topological polar surface area (TPSA) is 71.8 Å². The van der Waals surface area contributed by atoms with E-state index in [9.17, 15) is 4.79 Å². The van der Waals surface area contributed by atoms with Crippen molar-refractivity contribution in [2.45, 2.75) is 32.7 Å². The van der Waals surface area contributed by atoms with E-state index in [2.05, 4.69) is 20.7 Å². The number of aryl methyl sites for hydroxylation is 2. The molecule has 7 heteroatoms. The highest BCUT2D eigenvalue weighted by Gasteiger charge is 2.24. The Hall–Kier alpha value is -2.44. The number of amides is 1. The molecule has 3 aromatic rings. The van der Waals surface area contributed by atoms with Gasteiger partial charge in [-0.25, -0.2) is 9.67 Å². The maximum absolute atomic E-state index is 12.7. The molecule has 27 heavy (non-hydrogen) atoms. The number of hydrogen-bond acceptors (Lipinski definition) is 4. The van der Waals surface area contributed by atoms with Gasteiger partial charge in [-0.2, -0.15) is 5.10 Å². The number of halogens is 1. The summed E-state index contributed by atoms with van der Waals surface area (Å²) in [5, 5.41) is 12.1. The van der Waals surface area contributed by atoms with Crippen molar-refractivity contribution in [3.05, 3.63) is 52.3 Å². The predicted octanol–water partition coefficient (Wildman–Crippen LogP) is 3.88. The molecule has 2 aromatic heterocycles. The van der Waals surface area contributed by atoms with Gasteiger partial charge in [0, 0.05) is 11.9 Å². The van der Waals surface area contributed by atoms with Crippen LogP contribution < -0.4 is 10.6 Å². The Morgan fingerprint density at radius 3 is 2.63 bits per heavy atom. The van der Waals surface area contributed by atoms with E-state index >= 15 is 0 Å². The van der Waals surface area contributed by atoms with Crippen LogP contribution in [-0.4, -0.2) is 33.8 Å². The smallest absolute Gasteiger partial charge is 0.258 e. The molecule has 1 aromatic carbocycles. The third kappa shape index (κ3) is 3.42. The summed E-state index contributed by atoms with van der Waals surface area (Å²) in [5.41, 5.74) is 3.76. The minimum absolute atomic E-state index is 0.271. The number of benzene rings is 1. The van der Waals surface area contributed by atoms with E-state index in [1.165, 1.54) is 0 Å². The zero-order valence-corrected chi connectivity index (χ0v) is 16.2. The largest absolute Gasteiger partial charge is 0.322 e. The normalized spacial score (nSPS) is 15.2. The molecule has 0 radical (unpaired) electrons. The van der Waals surface area contributed by atoms with Crippen LogP contribution in [0.15, 0.2) is 30.5 Å². The van der Waals surface area contributed by atoms with E-state index in [1.807, 2.05) is 42.8 Å². The predicted molar refractivity (Wildman–Crippen MR) is 108 cm³/mol. The summed E-state index contributed by atoms with van der Waals surface area (Å²) in [6.45, 7) is 5.85. The SMILES string of the molecule is Cc1ccc(NC(=O)c2cnc3c(c(C)nn3C3CCNCC3)c2Cl)cc1. The first-order valence-electron chi connectivity index (χ1n) is 9.16. The van der Waals surface area contributed by atoms with Crippen molar-refractivity contribution in [2.24, 2.45) is 0 Å². The zero-order chi connectivity index (χ0) is 19.0. The molecule has 6 nitrogen and oxygen atoms in total. The molecule has 1 saturated heterocycles. The van der Waals surface area contributed by atoms with E-state index < -0.39 is 0 Å². The zero-order valence-electron chi connectivity index (χ0n) is 15.4. The number of piperidine rings is 1. The fraction of sp³-hybridized carbons (Fsp3) is 0.350. The lowest BCUT2D eigenvalue weighted by atomic mass is 10.1. The van der Waals surface area contributed by atoms with Crippen LogP contribution in [-0.2, 0) is 0 Å². The standard InChI is InChI=1S/C20H22ClN5O/c1-12-3-5-14(6-4-12)24-20(27)16-11-23-19-17(18(16)21)13(2)25-26(19)15-7-9-22-10-8-15/h3-6,11,15,22H,7-10H2,1-2H3,(H,24,27). The number of rotatable bonds is 3. The molecule has 140 valence electrons. The van der Waals surface area contributed by atoms with E-state index in [0.29, 0.717) is 16.6 Å². The number of nitrogens with one attached hydrogen (secondary N) is 2. The average Bonchev–Trinajstić information content (AvgIpc) is 3.02. The number of nitrogens with zero attached hydrogens (tertiary/aromatic N) is 3. The molecule has 1 aliphatic heterocycles. The fourth-order valence-electron chi connectivity index (χ4n) is 3.53. The van der Waals surface area contributed by atoms with Crippen LogP contribution in [0.5, 0.6) is 0 Å². The van der Waals surface area contributed by atoms with Gasteiger partial charge in [0.2, 0.25) is 0 Å². The number of pyridine rings is 1. The van der Waals surface area contributed by atoms with Gasteiger partial charge in [-0.1, -0.05) is 29.3 Å². The number of carbonyl (C=O) groups excluding carboxylic acids is 1. The Balaban J connectivity index is 1.68. The third-order valence-electron chi connectivity index (χ3n) is 5.04. The summed E-state index contributed by atoms with van der Waals surface area (Å²) in [6, 6.07) is 7.94. The molecule has 0 unspecified atom stereocenters. The summed E-state index contributed by atoms with van der Waals surface area (Å²) >= 11 is 6.62. The minimum Gasteiger partial charge on any atom is -0.322 e. The molecule has 1 fully saturated rings. The van der Waals surface area contributed by atoms with E-state index in [-0.39, 0.29) is 5.91 Å². The van der Waals surface area contributed by atoms with Gasteiger partial charge in [-0.15, -0.1) is 0 Å². The number of anilines is 1. The number of carbonyl (C=O) groups is 1. The van der Waals surface area contributed by atoms with Crippen molar-refractivity contribution in [3.63, 3.8) is 0 Å². The van der Waals surface area contributed by atoms with Crippen LogP contribution in [0.2, 0.25) is 5.02 Å². The second kappa shape index (κ2) is 7.29. The summed E-state index contributed by atoms with van der Waals surface area (Å²) in [5.74, 6) is -0.271. The van der Waals surface area contributed by atoms with Gasteiger partial charge in [0.15, 0.2) is 5.65 Å². The van der Waals surface area contributed by atoms with Gasteiger partial charge in [0.25, 0.3) is 5.91 Å². The van der Waals surface area contributed by atoms with Gasteiger partial charge in [0.05, 0.1) is 27.7 Å². The molecule has 1 aliphatic rings. The van der Waals surface area contributed by atoms with Crippen molar-refractivity contribution in [2.75, 3.05) is 18.4 Å². The molecular formula is C20H22ClN5O. The number of hydrogen-bond donors (Lipinski definition) is 2. The Labute approximate surface area is 162 Å². The fourth-order valence-corrected chi connectivity index (χ4v) is 3.89. The Kier molecular flexibility index (Phi) is 4.85. The van der Waals surface area contributed by atoms with Gasteiger partial charge >= 0.3 is 0 Å². The second-order valence-electron chi connectivity index (χ2n) is 7.02. The Morgan fingerprint density at radius 2 is 1.93 bits per heavy atom. The molecule has 0 saturated carbocycles. The summed E-state index contributed by atoms with van der Waals surface area (Å²) in [6.07, 6.45) is 3.56. The van der Waals surface area contributed by atoms with Crippen LogP contribution in [0.3, 0.4) is 0 Å². The van der Waals surface area contributed by atoms with Gasteiger partial charge < -0.3 is 10.6 Å². The maximum Gasteiger partial charge on any atom is 0.258 e. The maximum atomic E-state index is 12.7. The lowest BCUT2D eigenvalue weighted by molar-refractivity contribution is 0.102. The van der Waals surface area contributed by atoms with Crippen molar-refractivity contribution in [3.8, 4) is 0 Å². The first-order valence-corrected chi connectivity index (χ1v) is 9.54. The van der Waals surface area contributed by atoms with E-state index in [4.69, 9.17) is 11.6 Å². The highest BCUT2D eigenvalue weighted by molar-refractivity contribution is 6.39. The molecule has 4 rings (SSSR count). The summed E-state index contributed by atoms with van der Waals surface area (Å²) in [4.78, 5) is 17.3. The minimum atomic E-state index is -0.271. The number of fused-ring (bicyclic) bond motifs is 1.